The number of carbonyl (C=O) groups excluding carboxylic acids is 7. The largest absolute Gasteiger partial charge is 0.458 e. The summed E-state index contributed by atoms with van der Waals surface area (Å²) in [5, 5.41) is 28.7. The second-order valence-electron chi connectivity index (χ2n) is 19.4. The molecule has 0 spiro atoms. The standard InChI is InChI=1S/C54H56N2O15/c1-29-37(68-50(64)42(59)41(32-17-10-7-11-18-32)56-47(61)33-19-12-8-13-20-33)27-54(65)46(70-48(62)34-21-14-9-15-22-34)44-52(6,45(60)43(67-30(2)57)40(29)51(54,4)5)38(26-39-53(44,28-66-39)71-31(3)58)69-49(63)35-23-16-24-36(55)25-35/h7-25,37-39,41-44,46,59,65H,26-28,55H2,1-6H3,(H,56,61)/t37-,38-,39+,41-,42+,43+,44-,46-,52+,53-,54+/m0/s1. The molecule has 4 aliphatic rings. The molecule has 0 aromatic heterocycles. The monoisotopic (exact) mass is 972 g/mol. The van der Waals surface area contributed by atoms with Gasteiger partial charge in [0, 0.05) is 43.4 Å². The van der Waals surface area contributed by atoms with Crippen LogP contribution in [-0.2, 0) is 47.6 Å². The van der Waals surface area contributed by atoms with Crippen LogP contribution >= 0.6 is 0 Å². The molecule has 17 heteroatoms. The van der Waals surface area contributed by atoms with Crippen molar-refractivity contribution in [2.45, 2.75) is 108 Å². The summed E-state index contributed by atoms with van der Waals surface area (Å²) in [5.41, 5.74) is -1.29. The number of carbonyl (C=O) groups is 7. The summed E-state index contributed by atoms with van der Waals surface area (Å²) in [7, 11) is 0. The fourth-order valence-electron chi connectivity index (χ4n) is 11.2. The molecule has 372 valence electrons. The normalized spacial score (nSPS) is 29.2. The number of amides is 1. The number of anilines is 1. The van der Waals surface area contributed by atoms with E-state index in [1.165, 1.54) is 44.2 Å². The van der Waals surface area contributed by atoms with Crippen LogP contribution < -0.4 is 11.1 Å². The topological polar surface area (TPSA) is 253 Å². The van der Waals surface area contributed by atoms with Crippen LogP contribution in [-0.4, -0.2) is 106 Å². The Morgan fingerprint density at radius 1 is 0.761 bits per heavy atom. The second-order valence-corrected chi connectivity index (χ2v) is 19.4. The second kappa shape index (κ2) is 19.2. The molecule has 3 aliphatic carbocycles. The first kappa shape index (κ1) is 50.2. The number of hydrogen-bond donors (Lipinski definition) is 4. The summed E-state index contributed by atoms with van der Waals surface area (Å²) >= 11 is 0. The smallest absolute Gasteiger partial charge is 0.338 e. The molecule has 4 aromatic rings. The molecular formula is C54H56N2O15. The molecule has 1 aliphatic heterocycles. The molecule has 11 atom stereocenters. The molecule has 1 saturated heterocycles. The van der Waals surface area contributed by atoms with Crippen molar-refractivity contribution in [1.29, 1.82) is 0 Å². The highest BCUT2D eigenvalue weighted by molar-refractivity contribution is 5.97. The van der Waals surface area contributed by atoms with Crippen molar-refractivity contribution >= 4 is 47.2 Å². The van der Waals surface area contributed by atoms with Crippen molar-refractivity contribution < 1.29 is 72.2 Å². The molecular weight excluding hydrogens is 917 g/mol. The summed E-state index contributed by atoms with van der Waals surface area (Å²) in [6.07, 6.45) is -11.0. The minimum absolute atomic E-state index is 0.0227. The van der Waals surface area contributed by atoms with Gasteiger partial charge in [-0.15, -0.1) is 0 Å². The highest BCUT2D eigenvalue weighted by Gasteiger charge is 2.79. The first-order valence-electron chi connectivity index (χ1n) is 23.2. The van der Waals surface area contributed by atoms with Gasteiger partial charge in [-0.1, -0.05) is 86.6 Å². The number of aliphatic hydroxyl groups is 2. The van der Waals surface area contributed by atoms with Gasteiger partial charge in [-0.25, -0.2) is 14.4 Å². The molecule has 0 radical (unpaired) electrons. The van der Waals surface area contributed by atoms with E-state index in [1.807, 2.05) is 0 Å². The lowest BCUT2D eigenvalue weighted by molar-refractivity contribution is -0.345. The van der Waals surface area contributed by atoms with Crippen LogP contribution in [0, 0.1) is 16.7 Å². The Labute approximate surface area is 409 Å². The predicted octanol–water partition coefficient (Wildman–Crippen LogP) is 5.18. The number of fused-ring (bicyclic) bond motifs is 5. The van der Waals surface area contributed by atoms with Crippen LogP contribution in [0.15, 0.2) is 126 Å². The maximum Gasteiger partial charge on any atom is 0.338 e. The van der Waals surface area contributed by atoms with Crippen LogP contribution in [0.1, 0.15) is 97.1 Å². The van der Waals surface area contributed by atoms with E-state index in [0.29, 0.717) is 5.56 Å². The molecule has 8 rings (SSSR count). The third-order valence-electron chi connectivity index (χ3n) is 14.8. The molecule has 2 saturated carbocycles. The Kier molecular flexibility index (Phi) is 13.6. The number of benzene rings is 4. The average Bonchev–Trinajstić information content (AvgIpc) is 3.34. The van der Waals surface area contributed by atoms with Gasteiger partial charge in [0.2, 0.25) is 0 Å². The van der Waals surface area contributed by atoms with Gasteiger partial charge in [0.15, 0.2) is 23.6 Å². The van der Waals surface area contributed by atoms with Crippen molar-refractivity contribution in [2.24, 2.45) is 16.7 Å². The number of rotatable bonds is 12. The zero-order valence-corrected chi connectivity index (χ0v) is 40.0. The maximum absolute atomic E-state index is 16.2. The Balaban J connectivity index is 1.31. The third kappa shape index (κ3) is 8.86. The summed E-state index contributed by atoms with van der Waals surface area (Å²) in [6, 6.07) is 28.7. The lowest BCUT2D eigenvalue weighted by Crippen LogP contribution is -2.82. The van der Waals surface area contributed by atoms with Crippen LogP contribution in [0.2, 0.25) is 0 Å². The van der Waals surface area contributed by atoms with Crippen LogP contribution in [0.4, 0.5) is 5.69 Å². The zero-order chi connectivity index (χ0) is 51.2. The Hall–Kier alpha value is -7.21. The highest BCUT2D eigenvalue weighted by atomic mass is 16.6. The first-order chi connectivity index (χ1) is 33.6. The lowest BCUT2D eigenvalue weighted by Gasteiger charge is -2.67. The highest BCUT2D eigenvalue weighted by Crippen LogP contribution is 2.65. The van der Waals surface area contributed by atoms with Crippen LogP contribution in [0.5, 0.6) is 0 Å². The van der Waals surface area contributed by atoms with Crippen LogP contribution in [0.25, 0.3) is 0 Å². The Morgan fingerprint density at radius 3 is 1.93 bits per heavy atom. The lowest BCUT2D eigenvalue weighted by atomic mass is 9.44. The van der Waals surface area contributed by atoms with E-state index in [-0.39, 0.29) is 46.6 Å². The number of Topliss-reactive ketones (excluding diaryl/α,β-unsaturated/α-hetero) is 1. The van der Waals surface area contributed by atoms with Gasteiger partial charge in [-0.05, 0) is 73.0 Å². The number of hydrogen-bond acceptors (Lipinski definition) is 16. The zero-order valence-electron chi connectivity index (χ0n) is 40.0. The molecule has 5 N–H and O–H groups in total. The van der Waals surface area contributed by atoms with Crippen molar-refractivity contribution in [3.8, 4) is 0 Å². The molecule has 2 bridgehead atoms. The van der Waals surface area contributed by atoms with Gasteiger partial charge >= 0.3 is 29.8 Å². The molecule has 4 aromatic carbocycles. The molecule has 71 heavy (non-hydrogen) atoms. The minimum atomic E-state index is -2.49. The van der Waals surface area contributed by atoms with Gasteiger partial charge in [0.05, 0.1) is 35.1 Å². The van der Waals surface area contributed by atoms with E-state index in [2.05, 4.69) is 5.32 Å². The van der Waals surface area contributed by atoms with E-state index < -0.39 is 119 Å². The predicted molar refractivity (Wildman–Crippen MR) is 252 cm³/mol. The fraction of sp³-hybridized carbons (Fsp3) is 0.389. The van der Waals surface area contributed by atoms with Crippen molar-refractivity contribution in [2.75, 3.05) is 12.3 Å². The Bertz CT molecular complexity index is 2780. The SMILES string of the molecule is CC(=O)O[C@H]1C(=O)[C@]2(C)[C@@H](OC(=O)c3cccc(N)c3)C[C@H]3OC[C@@]3(OC(C)=O)[C@H]2[C@H](OC(=O)c2ccccc2)[C@]2(O)C[C@H](OC(=O)[C@H](O)[C@@H](NC(=O)c3ccccc3)c3ccccc3)C(C)=C1C2(C)C. The van der Waals surface area contributed by atoms with Crippen LogP contribution in [0.3, 0.4) is 0 Å². The van der Waals surface area contributed by atoms with E-state index in [9.17, 15) is 39.0 Å². The number of nitrogens with two attached hydrogens (primary N) is 1. The van der Waals surface area contributed by atoms with Gasteiger partial charge in [-0.3, -0.25) is 19.2 Å². The first-order valence-corrected chi connectivity index (χ1v) is 23.2. The number of aliphatic hydroxyl groups excluding tert-OH is 1. The van der Waals surface area contributed by atoms with E-state index in [1.54, 1.807) is 98.8 Å². The van der Waals surface area contributed by atoms with E-state index in [0.717, 1.165) is 13.8 Å². The van der Waals surface area contributed by atoms with Crippen molar-refractivity contribution in [1.82, 2.24) is 5.32 Å². The van der Waals surface area contributed by atoms with Crippen molar-refractivity contribution in [3.05, 3.63) is 149 Å². The molecule has 17 nitrogen and oxygen atoms in total. The maximum atomic E-state index is 16.2. The summed E-state index contributed by atoms with van der Waals surface area (Å²) in [4.78, 5) is 99.8. The Morgan fingerprint density at radius 2 is 1.35 bits per heavy atom. The third-order valence-corrected chi connectivity index (χ3v) is 14.8. The summed E-state index contributed by atoms with van der Waals surface area (Å²) < 4.78 is 37.3. The van der Waals surface area contributed by atoms with E-state index in [4.69, 9.17) is 34.2 Å². The number of ketones is 1. The van der Waals surface area contributed by atoms with E-state index >= 15 is 4.79 Å². The molecule has 0 unspecified atom stereocenters. The minimum Gasteiger partial charge on any atom is -0.458 e. The van der Waals surface area contributed by atoms with Crippen molar-refractivity contribution in [3.63, 3.8) is 0 Å². The summed E-state index contributed by atoms with van der Waals surface area (Å²) in [5.74, 6) is -8.08. The number of nitrogen functional groups attached to an aromatic ring is 1. The van der Waals surface area contributed by atoms with Gasteiger partial charge in [0.25, 0.3) is 5.91 Å². The van der Waals surface area contributed by atoms with Gasteiger partial charge in [-0.2, -0.15) is 0 Å². The van der Waals surface area contributed by atoms with Gasteiger partial charge < -0.3 is 49.7 Å². The quantitative estimate of drug-likeness (QED) is 0.0617. The molecule has 1 heterocycles. The number of nitrogens with one attached hydrogen (secondary N) is 1. The number of ether oxygens (including phenoxy) is 6. The fourth-order valence-corrected chi connectivity index (χ4v) is 11.2. The van der Waals surface area contributed by atoms with Gasteiger partial charge in [0.1, 0.15) is 30.0 Å². The number of esters is 5. The summed E-state index contributed by atoms with van der Waals surface area (Å²) in [6.45, 7) is 7.86. The molecule has 3 fully saturated rings. The molecule has 1 amide bonds. The average molecular weight is 973 g/mol.